The van der Waals surface area contributed by atoms with Gasteiger partial charge < -0.3 is 24.5 Å². The summed E-state index contributed by atoms with van der Waals surface area (Å²) in [4.78, 5) is 52.8. The van der Waals surface area contributed by atoms with Crippen LogP contribution in [0.5, 0.6) is 0 Å². The number of benzene rings is 2. The minimum absolute atomic E-state index is 0.200. The minimum atomic E-state index is -0.642. The Hall–Kier alpha value is -4.74. The van der Waals surface area contributed by atoms with Gasteiger partial charge in [-0.15, -0.1) is 10.2 Å². The molecule has 2 aliphatic rings. The molecule has 1 unspecified atom stereocenters. The molecule has 2 heterocycles. The number of hydrogen-bond donors (Lipinski definition) is 2. The molecule has 3 aromatic rings. The topological polar surface area (TPSA) is 153 Å². The van der Waals surface area contributed by atoms with E-state index in [4.69, 9.17) is 13.9 Å². The average Bonchev–Trinajstić information content (AvgIpc) is 3.77. The third kappa shape index (κ3) is 8.55. The zero-order valence-corrected chi connectivity index (χ0v) is 27.8. The molecule has 1 aliphatic heterocycles. The predicted molar refractivity (Wildman–Crippen MR) is 175 cm³/mol. The van der Waals surface area contributed by atoms with Crippen molar-refractivity contribution in [2.24, 2.45) is 11.8 Å². The lowest BCUT2D eigenvalue weighted by atomic mass is 9.95. The van der Waals surface area contributed by atoms with E-state index in [2.05, 4.69) is 20.8 Å². The zero-order valence-electron chi connectivity index (χ0n) is 27.8. The molecule has 12 heteroatoms. The highest BCUT2D eigenvalue weighted by Crippen LogP contribution is 2.35. The number of rotatable bonds is 7. The lowest BCUT2D eigenvalue weighted by Crippen LogP contribution is -2.45. The van der Waals surface area contributed by atoms with Gasteiger partial charge in [0.05, 0.1) is 11.8 Å². The van der Waals surface area contributed by atoms with Crippen LogP contribution in [0.3, 0.4) is 0 Å². The van der Waals surface area contributed by atoms with Crippen LogP contribution < -0.4 is 10.6 Å². The fourth-order valence-electron chi connectivity index (χ4n) is 5.82. The zero-order chi connectivity index (χ0) is 33.9. The van der Waals surface area contributed by atoms with Gasteiger partial charge in [0.25, 0.3) is 0 Å². The first-order valence-electron chi connectivity index (χ1n) is 16.1. The second-order valence-electron chi connectivity index (χ2n) is 14.1. The summed E-state index contributed by atoms with van der Waals surface area (Å²) in [5.41, 5.74) is 1.26. The molecule has 250 valence electrons. The van der Waals surface area contributed by atoms with Crippen LogP contribution >= 0.6 is 0 Å². The molecule has 1 aromatic heterocycles. The molecular formula is C35H43N5O7. The lowest BCUT2D eigenvalue weighted by Gasteiger charge is -2.28. The molecule has 5 rings (SSSR count). The standard InChI is InChI=1S/C35H43N5O7/c1-34(2,3)46-32(43)26-10-7-9-25(26)28(41)36-23-16-12-21(13-17-23)30-38-39-31(45-30)22-14-18-24(19-15-22)37-29(42)27-11-8-20-40(27)33(44)47-35(4,5)6/h12-19,25-27H,7-11,20H2,1-6H3,(H,36,41)(H,37,42)/t25-,26?,27+/m1/s1. The largest absolute Gasteiger partial charge is 0.460 e. The van der Waals surface area contributed by atoms with Crippen molar-refractivity contribution in [3.8, 4) is 22.9 Å². The van der Waals surface area contributed by atoms with Gasteiger partial charge in [0.2, 0.25) is 23.6 Å². The Labute approximate surface area is 274 Å². The molecule has 1 aliphatic carbocycles. The van der Waals surface area contributed by atoms with Crippen LogP contribution in [0.15, 0.2) is 52.9 Å². The molecule has 0 spiro atoms. The molecule has 1 saturated heterocycles. The molecule has 12 nitrogen and oxygen atoms in total. The Morgan fingerprint density at radius 1 is 0.702 bits per heavy atom. The van der Waals surface area contributed by atoms with E-state index in [1.54, 1.807) is 69.3 Å². The predicted octanol–water partition coefficient (Wildman–Crippen LogP) is 6.44. The van der Waals surface area contributed by atoms with E-state index in [0.717, 1.165) is 12.8 Å². The van der Waals surface area contributed by atoms with Crippen LogP contribution in [0.1, 0.15) is 73.6 Å². The Morgan fingerprint density at radius 2 is 1.21 bits per heavy atom. The van der Waals surface area contributed by atoms with Gasteiger partial charge in [0, 0.05) is 29.0 Å². The summed E-state index contributed by atoms with van der Waals surface area (Å²) in [6, 6.07) is 13.4. The first kappa shape index (κ1) is 33.6. The highest BCUT2D eigenvalue weighted by atomic mass is 16.6. The van der Waals surface area contributed by atoms with E-state index < -0.39 is 35.2 Å². The van der Waals surface area contributed by atoms with Gasteiger partial charge in [-0.2, -0.15) is 0 Å². The van der Waals surface area contributed by atoms with Crippen molar-refractivity contribution < 1.29 is 33.1 Å². The Bertz CT molecular complexity index is 1480. The van der Waals surface area contributed by atoms with Crippen LogP contribution in [-0.4, -0.2) is 62.8 Å². The molecule has 47 heavy (non-hydrogen) atoms. The van der Waals surface area contributed by atoms with E-state index in [1.807, 2.05) is 20.8 Å². The number of carbonyl (C=O) groups excluding carboxylic acids is 4. The fraction of sp³-hybridized carbons (Fsp3) is 0.486. The summed E-state index contributed by atoms with van der Waals surface area (Å²) < 4.78 is 16.9. The Balaban J connectivity index is 1.17. The Kier molecular flexibility index (Phi) is 9.69. The number of nitrogens with one attached hydrogen (secondary N) is 2. The summed E-state index contributed by atoms with van der Waals surface area (Å²) >= 11 is 0. The second kappa shape index (κ2) is 13.5. The van der Waals surface area contributed by atoms with E-state index in [1.165, 1.54) is 4.90 Å². The van der Waals surface area contributed by atoms with E-state index in [0.29, 0.717) is 60.1 Å². The number of ether oxygens (including phenoxy) is 2. The van der Waals surface area contributed by atoms with Crippen molar-refractivity contribution >= 4 is 35.3 Å². The molecule has 0 radical (unpaired) electrons. The first-order chi connectivity index (χ1) is 22.2. The summed E-state index contributed by atoms with van der Waals surface area (Å²) in [6.07, 6.45) is 2.87. The van der Waals surface area contributed by atoms with Gasteiger partial charge in [-0.05, 0) is 116 Å². The highest BCUT2D eigenvalue weighted by Gasteiger charge is 2.40. The van der Waals surface area contributed by atoms with Crippen LogP contribution in [-0.2, 0) is 23.9 Å². The van der Waals surface area contributed by atoms with Crippen LogP contribution in [0.4, 0.5) is 16.2 Å². The van der Waals surface area contributed by atoms with Crippen molar-refractivity contribution in [2.75, 3.05) is 17.2 Å². The maximum atomic E-state index is 13.0. The SMILES string of the molecule is CC(C)(C)OC(=O)C1CCC[C@H]1C(=O)Nc1ccc(-c2nnc(-c3ccc(NC(=O)[C@@H]4CCCN4C(=O)OC(C)(C)C)cc3)o2)cc1. The molecule has 2 aromatic carbocycles. The number of esters is 1. The number of hydrogen-bond acceptors (Lipinski definition) is 9. The number of nitrogens with zero attached hydrogens (tertiary/aromatic N) is 3. The number of amides is 3. The van der Waals surface area contributed by atoms with Crippen LogP contribution in [0.25, 0.3) is 22.9 Å². The van der Waals surface area contributed by atoms with Gasteiger partial charge >= 0.3 is 12.1 Å². The highest BCUT2D eigenvalue weighted by molar-refractivity contribution is 5.97. The van der Waals surface area contributed by atoms with Gasteiger partial charge in [-0.1, -0.05) is 6.42 Å². The minimum Gasteiger partial charge on any atom is -0.460 e. The average molecular weight is 646 g/mol. The summed E-state index contributed by atoms with van der Waals surface area (Å²) in [7, 11) is 0. The van der Waals surface area contributed by atoms with Crippen LogP contribution in [0.2, 0.25) is 0 Å². The van der Waals surface area contributed by atoms with Crippen molar-refractivity contribution in [1.82, 2.24) is 15.1 Å². The maximum absolute atomic E-state index is 13.0. The molecule has 0 bridgehead atoms. The molecule has 2 N–H and O–H groups in total. The lowest BCUT2D eigenvalue weighted by molar-refractivity contribution is -0.162. The van der Waals surface area contributed by atoms with Gasteiger partial charge in [-0.3, -0.25) is 19.3 Å². The first-order valence-corrected chi connectivity index (χ1v) is 16.1. The van der Waals surface area contributed by atoms with Gasteiger partial charge in [-0.25, -0.2) is 4.79 Å². The number of likely N-dealkylation sites (tertiary alicyclic amines) is 1. The quantitative estimate of drug-likeness (QED) is 0.277. The third-order valence-corrected chi connectivity index (χ3v) is 7.97. The molecule has 3 amide bonds. The molecule has 2 fully saturated rings. The molecule has 3 atom stereocenters. The summed E-state index contributed by atoms with van der Waals surface area (Å²) in [6.45, 7) is 11.3. The normalized spacial score (nSPS) is 19.7. The van der Waals surface area contributed by atoms with Crippen molar-refractivity contribution in [1.29, 1.82) is 0 Å². The van der Waals surface area contributed by atoms with Gasteiger partial charge in [0.15, 0.2) is 0 Å². The summed E-state index contributed by atoms with van der Waals surface area (Å²) in [5.74, 6) is -1.07. The number of aromatic nitrogens is 2. The molecule has 1 saturated carbocycles. The Morgan fingerprint density at radius 3 is 1.74 bits per heavy atom. The van der Waals surface area contributed by atoms with Crippen molar-refractivity contribution in [3.05, 3.63) is 48.5 Å². The number of carbonyl (C=O) groups is 4. The van der Waals surface area contributed by atoms with E-state index >= 15 is 0 Å². The summed E-state index contributed by atoms with van der Waals surface area (Å²) in [5, 5.41) is 14.2. The monoisotopic (exact) mass is 645 g/mol. The van der Waals surface area contributed by atoms with Crippen molar-refractivity contribution in [2.45, 2.75) is 90.9 Å². The van der Waals surface area contributed by atoms with E-state index in [-0.39, 0.29) is 17.8 Å². The molecular weight excluding hydrogens is 602 g/mol. The maximum Gasteiger partial charge on any atom is 0.410 e. The third-order valence-electron chi connectivity index (χ3n) is 7.97. The van der Waals surface area contributed by atoms with Gasteiger partial charge in [0.1, 0.15) is 17.2 Å². The smallest absolute Gasteiger partial charge is 0.410 e. The van der Waals surface area contributed by atoms with Crippen LogP contribution in [0, 0.1) is 11.8 Å². The second-order valence-corrected chi connectivity index (χ2v) is 14.1. The number of anilines is 2. The fourth-order valence-corrected chi connectivity index (χ4v) is 5.82. The van der Waals surface area contributed by atoms with E-state index in [9.17, 15) is 19.2 Å². The van der Waals surface area contributed by atoms with Crippen molar-refractivity contribution in [3.63, 3.8) is 0 Å².